The standard InChI is InChI=1S/C22H28O9/c1-27-15-10-14(11-16(28-2)21(15)26)20(25)19(12-24)31-22-17(29-3)8-13(6-5-7-23)9-18(22)30-4/h5-6,8-11,19-20,23-26H,7,12H2,1-4H3/b6-5+/t19-,20+/m0/s1. The number of aliphatic hydroxyl groups excluding tert-OH is 3. The Bertz CT molecular complexity index is 845. The Morgan fingerprint density at radius 3 is 1.77 bits per heavy atom. The van der Waals surface area contributed by atoms with Gasteiger partial charge in [-0.05, 0) is 35.4 Å². The topological polar surface area (TPSA) is 127 Å². The summed E-state index contributed by atoms with van der Waals surface area (Å²) in [5.41, 5.74) is 0.996. The molecule has 0 saturated heterocycles. The van der Waals surface area contributed by atoms with Crippen LogP contribution in [0.25, 0.3) is 6.08 Å². The first-order chi connectivity index (χ1) is 14.9. The first-order valence-electron chi connectivity index (χ1n) is 9.37. The Morgan fingerprint density at radius 1 is 0.839 bits per heavy atom. The van der Waals surface area contributed by atoms with Crippen LogP contribution >= 0.6 is 0 Å². The number of rotatable bonds is 11. The summed E-state index contributed by atoms with van der Waals surface area (Å²) in [6, 6.07) is 6.17. The van der Waals surface area contributed by atoms with Crippen LogP contribution in [0.15, 0.2) is 30.3 Å². The first kappa shape index (κ1) is 24.1. The van der Waals surface area contributed by atoms with Gasteiger partial charge in [-0.1, -0.05) is 12.2 Å². The van der Waals surface area contributed by atoms with Crippen molar-refractivity contribution in [2.45, 2.75) is 12.2 Å². The molecular formula is C22H28O9. The average molecular weight is 436 g/mol. The molecular weight excluding hydrogens is 408 g/mol. The van der Waals surface area contributed by atoms with Gasteiger partial charge in [-0.25, -0.2) is 0 Å². The van der Waals surface area contributed by atoms with Crippen molar-refractivity contribution in [1.82, 2.24) is 0 Å². The summed E-state index contributed by atoms with van der Waals surface area (Å²) in [6.07, 6.45) is 0.820. The quantitative estimate of drug-likeness (QED) is 0.418. The molecule has 0 aromatic heterocycles. The molecule has 0 unspecified atom stereocenters. The zero-order chi connectivity index (χ0) is 23.0. The number of hydrogen-bond donors (Lipinski definition) is 4. The van der Waals surface area contributed by atoms with Crippen LogP contribution in [0.4, 0.5) is 0 Å². The Labute approximate surface area is 180 Å². The number of phenolic OH excluding ortho intramolecular Hbond substituents is 1. The van der Waals surface area contributed by atoms with Gasteiger partial charge in [0.15, 0.2) is 29.1 Å². The number of aromatic hydroxyl groups is 1. The summed E-state index contributed by atoms with van der Waals surface area (Å²) >= 11 is 0. The molecule has 0 aliphatic heterocycles. The Kier molecular flexibility index (Phi) is 8.80. The number of benzene rings is 2. The van der Waals surface area contributed by atoms with E-state index < -0.39 is 18.8 Å². The fraction of sp³-hybridized carbons (Fsp3) is 0.364. The predicted molar refractivity (Wildman–Crippen MR) is 113 cm³/mol. The SMILES string of the molecule is COc1cc([C@@H](O)[C@H](CO)Oc2c(OC)cc(/C=C/CO)cc2OC)cc(OC)c1O. The van der Waals surface area contributed by atoms with E-state index in [2.05, 4.69) is 0 Å². The molecule has 9 heteroatoms. The van der Waals surface area contributed by atoms with Crippen LogP contribution in [0.1, 0.15) is 17.2 Å². The second kappa shape index (κ2) is 11.3. The molecule has 31 heavy (non-hydrogen) atoms. The Balaban J connectivity index is 2.43. The van der Waals surface area contributed by atoms with Gasteiger partial charge < -0.3 is 44.1 Å². The third-order valence-corrected chi connectivity index (χ3v) is 4.54. The molecule has 2 rings (SSSR count). The summed E-state index contributed by atoms with van der Waals surface area (Å²) in [4.78, 5) is 0. The third-order valence-electron chi connectivity index (χ3n) is 4.54. The van der Waals surface area contributed by atoms with E-state index in [-0.39, 0.29) is 29.6 Å². The Hall–Kier alpha value is -3.14. The molecule has 2 atom stereocenters. The maximum atomic E-state index is 10.9. The first-order valence-corrected chi connectivity index (χ1v) is 9.37. The van der Waals surface area contributed by atoms with E-state index in [1.807, 2.05) is 0 Å². The predicted octanol–water partition coefficient (Wildman–Crippen LogP) is 1.91. The van der Waals surface area contributed by atoms with Crippen molar-refractivity contribution in [3.05, 3.63) is 41.5 Å². The summed E-state index contributed by atoms with van der Waals surface area (Å²) in [6.45, 7) is -0.660. The highest BCUT2D eigenvalue weighted by molar-refractivity contribution is 5.62. The second-order valence-corrected chi connectivity index (χ2v) is 6.40. The molecule has 0 radical (unpaired) electrons. The lowest BCUT2D eigenvalue weighted by molar-refractivity contribution is -0.00184. The van der Waals surface area contributed by atoms with Crippen molar-refractivity contribution in [3.63, 3.8) is 0 Å². The molecule has 9 nitrogen and oxygen atoms in total. The molecule has 170 valence electrons. The van der Waals surface area contributed by atoms with Crippen molar-refractivity contribution >= 4 is 6.08 Å². The molecule has 0 aliphatic rings. The highest BCUT2D eigenvalue weighted by atomic mass is 16.6. The molecule has 0 fully saturated rings. The molecule has 2 aromatic rings. The summed E-state index contributed by atoms with van der Waals surface area (Å²) in [5.74, 6) is 0.784. The lowest BCUT2D eigenvalue weighted by Crippen LogP contribution is -2.29. The summed E-state index contributed by atoms with van der Waals surface area (Å²) in [5, 5.41) is 39.8. The fourth-order valence-corrected chi connectivity index (χ4v) is 2.95. The maximum absolute atomic E-state index is 10.9. The van der Waals surface area contributed by atoms with Crippen LogP contribution in [0.2, 0.25) is 0 Å². The zero-order valence-corrected chi connectivity index (χ0v) is 17.9. The molecule has 0 aliphatic carbocycles. The summed E-state index contributed by atoms with van der Waals surface area (Å²) < 4.78 is 26.9. The van der Waals surface area contributed by atoms with Crippen LogP contribution in [0.5, 0.6) is 34.5 Å². The van der Waals surface area contributed by atoms with Gasteiger partial charge in [0.25, 0.3) is 0 Å². The molecule has 0 bridgehead atoms. The normalized spacial score (nSPS) is 13.0. The van der Waals surface area contributed by atoms with Gasteiger partial charge in [-0.3, -0.25) is 0 Å². The number of hydrogen-bond acceptors (Lipinski definition) is 9. The van der Waals surface area contributed by atoms with E-state index in [9.17, 15) is 15.3 Å². The van der Waals surface area contributed by atoms with Crippen molar-refractivity contribution in [1.29, 1.82) is 0 Å². The van der Waals surface area contributed by atoms with Gasteiger partial charge in [0.1, 0.15) is 6.10 Å². The second-order valence-electron chi connectivity index (χ2n) is 6.40. The molecule has 0 saturated carbocycles. The minimum absolute atomic E-state index is 0.0975. The van der Waals surface area contributed by atoms with Crippen LogP contribution in [-0.4, -0.2) is 68.2 Å². The van der Waals surface area contributed by atoms with Gasteiger partial charge in [0.2, 0.25) is 11.5 Å². The number of aliphatic hydroxyl groups is 3. The van der Waals surface area contributed by atoms with Gasteiger partial charge in [-0.2, -0.15) is 0 Å². The maximum Gasteiger partial charge on any atom is 0.204 e. The molecule has 0 heterocycles. The lowest BCUT2D eigenvalue weighted by atomic mass is 10.0. The average Bonchev–Trinajstić information content (AvgIpc) is 2.80. The van der Waals surface area contributed by atoms with E-state index >= 15 is 0 Å². The van der Waals surface area contributed by atoms with Crippen LogP contribution < -0.4 is 23.7 Å². The highest BCUT2D eigenvalue weighted by Crippen LogP contribution is 2.42. The van der Waals surface area contributed by atoms with E-state index in [1.54, 1.807) is 24.3 Å². The van der Waals surface area contributed by atoms with Gasteiger partial charge in [-0.15, -0.1) is 0 Å². The van der Waals surface area contributed by atoms with Crippen molar-refractivity contribution in [2.75, 3.05) is 41.7 Å². The molecule has 0 amide bonds. The number of methoxy groups -OCH3 is 4. The number of ether oxygens (including phenoxy) is 5. The lowest BCUT2D eigenvalue weighted by Gasteiger charge is -2.25. The molecule has 0 spiro atoms. The van der Waals surface area contributed by atoms with Crippen LogP contribution in [0.3, 0.4) is 0 Å². The van der Waals surface area contributed by atoms with Gasteiger partial charge in [0, 0.05) is 0 Å². The monoisotopic (exact) mass is 436 g/mol. The molecule has 4 N–H and O–H groups in total. The van der Waals surface area contributed by atoms with Crippen molar-refractivity contribution in [3.8, 4) is 34.5 Å². The third kappa shape index (κ3) is 5.52. The van der Waals surface area contributed by atoms with Crippen LogP contribution in [0, 0.1) is 0 Å². The van der Waals surface area contributed by atoms with Crippen molar-refractivity contribution in [2.24, 2.45) is 0 Å². The van der Waals surface area contributed by atoms with E-state index in [0.717, 1.165) is 0 Å². The zero-order valence-electron chi connectivity index (χ0n) is 17.9. The van der Waals surface area contributed by atoms with Gasteiger partial charge in [0.05, 0.1) is 41.7 Å². The smallest absolute Gasteiger partial charge is 0.204 e. The number of phenols is 1. The van der Waals surface area contributed by atoms with Crippen molar-refractivity contribution < 1.29 is 44.1 Å². The highest BCUT2D eigenvalue weighted by Gasteiger charge is 2.27. The van der Waals surface area contributed by atoms with E-state index in [0.29, 0.717) is 22.6 Å². The van der Waals surface area contributed by atoms with Gasteiger partial charge >= 0.3 is 0 Å². The minimum Gasteiger partial charge on any atom is -0.502 e. The summed E-state index contributed by atoms with van der Waals surface area (Å²) in [7, 11) is 5.63. The van der Waals surface area contributed by atoms with E-state index in [4.69, 9.17) is 28.8 Å². The Morgan fingerprint density at radius 2 is 1.35 bits per heavy atom. The largest absolute Gasteiger partial charge is 0.502 e. The minimum atomic E-state index is -1.31. The van der Waals surface area contributed by atoms with Crippen LogP contribution in [-0.2, 0) is 0 Å². The van der Waals surface area contributed by atoms with E-state index in [1.165, 1.54) is 40.6 Å². The fourth-order valence-electron chi connectivity index (χ4n) is 2.95. The molecule has 2 aromatic carbocycles.